The summed E-state index contributed by atoms with van der Waals surface area (Å²) in [5.74, 6) is 1.04. The second kappa shape index (κ2) is 7.27. The van der Waals surface area contributed by atoms with Gasteiger partial charge in [0.25, 0.3) is 0 Å². The van der Waals surface area contributed by atoms with Crippen molar-refractivity contribution in [3.05, 3.63) is 28.2 Å². The highest BCUT2D eigenvalue weighted by molar-refractivity contribution is 9.10. The monoisotopic (exact) mass is 354 g/mol. The van der Waals surface area contributed by atoms with E-state index in [4.69, 9.17) is 10.5 Å². The number of piperidine rings is 1. The van der Waals surface area contributed by atoms with Crippen LogP contribution in [-0.4, -0.2) is 36.5 Å². The average Bonchev–Trinajstić information content (AvgIpc) is 2.45. The molecule has 0 aromatic heterocycles. The van der Waals surface area contributed by atoms with Crippen molar-refractivity contribution in [2.24, 2.45) is 5.73 Å². The zero-order chi connectivity index (χ0) is 15.4. The fourth-order valence-electron chi connectivity index (χ4n) is 2.91. The molecule has 2 atom stereocenters. The Bertz CT molecular complexity index is 507. The first kappa shape index (κ1) is 16.3. The van der Waals surface area contributed by atoms with Gasteiger partial charge in [0.2, 0.25) is 5.91 Å². The molecule has 2 rings (SSSR count). The lowest BCUT2D eigenvalue weighted by Crippen LogP contribution is -2.48. The van der Waals surface area contributed by atoms with Gasteiger partial charge >= 0.3 is 0 Å². The zero-order valence-electron chi connectivity index (χ0n) is 12.6. The third kappa shape index (κ3) is 4.20. The van der Waals surface area contributed by atoms with Gasteiger partial charge in [-0.1, -0.05) is 15.9 Å². The van der Waals surface area contributed by atoms with E-state index < -0.39 is 0 Å². The van der Waals surface area contributed by atoms with E-state index in [9.17, 15) is 4.79 Å². The van der Waals surface area contributed by atoms with Gasteiger partial charge in [0.1, 0.15) is 5.75 Å². The number of ether oxygens (including phenoxy) is 1. The Balaban J connectivity index is 1.96. The van der Waals surface area contributed by atoms with Crippen molar-refractivity contribution in [3.8, 4) is 5.75 Å². The molecule has 2 N–H and O–H groups in total. The molecule has 21 heavy (non-hydrogen) atoms. The summed E-state index contributed by atoms with van der Waals surface area (Å²) in [5, 5.41) is 0. The SMILES string of the molecule is COc1ccc(Br)cc1CCC(=O)N1CCC(N)CC1C. The molecule has 2 unspecified atom stereocenters. The zero-order valence-corrected chi connectivity index (χ0v) is 14.2. The molecule has 1 aromatic rings. The van der Waals surface area contributed by atoms with Crippen LogP contribution in [-0.2, 0) is 11.2 Å². The smallest absolute Gasteiger partial charge is 0.223 e. The van der Waals surface area contributed by atoms with E-state index >= 15 is 0 Å². The van der Waals surface area contributed by atoms with Gasteiger partial charge < -0.3 is 15.4 Å². The van der Waals surface area contributed by atoms with E-state index in [1.807, 2.05) is 23.1 Å². The molecular weight excluding hydrogens is 332 g/mol. The normalized spacial score (nSPS) is 22.2. The molecule has 4 nitrogen and oxygen atoms in total. The Morgan fingerprint density at radius 2 is 2.29 bits per heavy atom. The number of likely N-dealkylation sites (tertiary alicyclic amines) is 1. The van der Waals surface area contributed by atoms with Crippen LogP contribution >= 0.6 is 15.9 Å². The van der Waals surface area contributed by atoms with Crippen LogP contribution in [0.3, 0.4) is 0 Å². The lowest BCUT2D eigenvalue weighted by Gasteiger charge is -2.36. The molecule has 0 aliphatic carbocycles. The van der Waals surface area contributed by atoms with Crippen LogP contribution in [0.25, 0.3) is 0 Å². The first-order valence-electron chi connectivity index (χ1n) is 7.38. The standard InChI is InChI=1S/C16H23BrN2O2/c1-11-9-14(18)7-8-19(11)16(20)6-3-12-10-13(17)4-5-15(12)21-2/h4-5,10-11,14H,3,6-9,18H2,1-2H3. The molecule has 1 aliphatic heterocycles. The van der Waals surface area contributed by atoms with E-state index in [0.29, 0.717) is 12.8 Å². The van der Waals surface area contributed by atoms with Crippen molar-refractivity contribution in [1.29, 1.82) is 0 Å². The third-order valence-electron chi connectivity index (χ3n) is 4.09. The summed E-state index contributed by atoms with van der Waals surface area (Å²) in [5.41, 5.74) is 7.00. The molecule has 0 spiro atoms. The highest BCUT2D eigenvalue weighted by Crippen LogP contribution is 2.25. The van der Waals surface area contributed by atoms with Gasteiger partial charge in [-0.25, -0.2) is 0 Å². The number of hydrogen-bond donors (Lipinski definition) is 1. The molecule has 1 heterocycles. The Hall–Kier alpha value is -1.07. The number of halogens is 1. The fourth-order valence-corrected chi connectivity index (χ4v) is 3.32. The van der Waals surface area contributed by atoms with Crippen LogP contribution in [0, 0.1) is 0 Å². The van der Waals surface area contributed by atoms with Crippen molar-refractivity contribution in [3.63, 3.8) is 0 Å². The summed E-state index contributed by atoms with van der Waals surface area (Å²) in [6, 6.07) is 6.35. The van der Waals surface area contributed by atoms with Gasteiger partial charge in [-0.2, -0.15) is 0 Å². The van der Waals surface area contributed by atoms with Crippen LogP contribution in [0.1, 0.15) is 31.7 Å². The van der Waals surface area contributed by atoms with Crippen molar-refractivity contribution < 1.29 is 9.53 Å². The number of carbonyl (C=O) groups is 1. The van der Waals surface area contributed by atoms with Crippen molar-refractivity contribution in [2.75, 3.05) is 13.7 Å². The van der Waals surface area contributed by atoms with E-state index in [2.05, 4.69) is 22.9 Å². The van der Waals surface area contributed by atoms with Gasteiger partial charge in [-0.3, -0.25) is 4.79 Å². The number of nitrogens with zero attached hydrogens (tertiary/aromatic N) is 1. The van der Waals surface area contributed by atoms with Crippen LogP contribution in [0.2, 0.25) is 0 Å². The van der Waals surface area contributed by atoms with Crippen molar-refractivity contribution in [1.82, 2.24) is 4.90 Å². The van der Waals surface area contributed by atoms with Gasteiger partial charge in [-0.05, 0) is 49.9 Å². The molecule has 1 aromatic carbocycles. The number of aryl methyl sites for hydroxylation is 1. The number of benzene rings is 1. The van der Waals surface area contributed by atoms with Gasteiger partial charge in [-0.15, -0.1) is 0 Å². The largest absolute Gasteiger partial charge is 0.496 e. The van der Waals surface area contributed by atoms with E-state index in [-0.39, 0.29) is 18.0 Å². The lowest BCUT2D eigenvalue weighted by molar-refractivity contribution is -0.134. The second-order valence-electron chi connectivity index (χ2n) is 5.68. The molecule has 5 heteroatoms. The Kier molecular flexibility index (Phi) is 5.65. The number of hydrogen-bond acceptors (Lipinski definition) is 3. The topological polar surface area (TPSA) is 55.6 Å². The maximum absolute atomic E-state index is 12.4. The lowest BCUT2D eigenvalue weighted by atomic mass is 9.98. The van der Waals surface area contributed by atoms with Gasteiger partial charge in [0, 0.05) is 29.5 Å². The highest BCUT2D eigenvalue weighted by Gasteiger charge is 2.26. The van der Waals surface area contributed by atoms with Crippen LogP contribution < -0.4 is 10.5 Å². The Morgan fingerprint density at radius 1 is 1.52 bits per heavy atom. The maximum atomic E-state index is 12.4. The molecule has 1 amide bonds. The first-order valence-corrected chi connectivity index (χ1v) is 8.18. The number of rotatable bonds is 4. The third-order valence-corrected chi connectivity index (χ3v) is 4.58. The molecule has 0 bridgehead atoms. The Labute approximate surface area is 134 Å². The van der Waals surface area contributed by atoms with Gasteiger partial charge in [0.05, 0.1) is 7.11 Å². The molecule has 0 radical (unpaired) electrons. The maximum Gasteiger partial charge on any atom is 0.223 e. The van der Waals surface area contributed by atoms with E-state index in [1.165, 1.54) is 0 Å². The van der Waals surface area contributed by atoms with E-state index in [0.717, 1.165) is 35.2 Å². The average molecular weight is 355 g/mol. The number of amides is 1. The molecule has 1 fully saturated rings. The minimum atomic E-state index is 0.205. The highest BCUT2D eigenvalue weighted by atomic mass is 79.9. The second-order valence-corrected chi connectivity index (χ2v) is 6.59. The summed E-state index contributed by atoms with van der Waals surface area (Å²) < 4.78 is 6.35. The molecule has 1 saturated heterocycles. The summed E-state index contributed by atoms with van der Waals surface area (Å²) >= 11 is 3.46. The minimum absolute atomic E-state index is 0.205. The predicted molar refractivity (Wildman–Crippen MR) is 87.4 cm³/mol. The summed E-state index contributed by atoms with van der Waals surface area (Å²) in [6.45, 7) is 2.85. The number of nitrogens with two attached hydrogens (primary N) is 1. The first-order chi connectivity index (χ1) is 10.0. The number of methoxy groups -OCH3 is 1. The van der Waals surface area contributed by atoms with Crippen LogP contribution in [0.5, 0.6) is 5.75 Å². The van der Waals surface area contributed by atoms with Crippen molar-refractivity contribution >= 4 is 21.8 Å². The summed E-state index contributed by atoms with van der Waals surface area (Å²) in [6.07, 6.45) is 2.99. The minimum Gasteiger partial charge on any atom is -0.496 e. The van der Waals surface area contributed by atoms with Crippen molar-refractivity contribution in [2.45, 2.75) is 44.7 Å². The summed E-state index contributed by atoms with van der Waals surface area (Å²) in [4.78, 5) is 14.4. The Morgan fingerprint density at radius 3 is 2.95 bits per heavy atom. The number of carbonyl (C=O) groups excluding carboxylic acids is 1. The summed E-state index contributed by atoms with van der Waals surface area (Å²) in [7, 11) is 1.66. The van der Waals surface area contributed by atoms with Gasteiger partial charge in [0.15, 0.2) is 0 Å². The van der Waals surface area contributed by atoms with Crippen LogP contribution in [0.15, 0.2) is 22.7 Å². The van der Waals surface area contributed by atoms with Crippen LogP contribution in [0.4, 0.5) is 0 Å². The molecule has 1 aliphatic rings. The van der Waals surface area contributed by atoms with E-state index in [1.54, 1.807) is 7.11 Å². The quantitative estimate of drug-likeness (QED) is 0.904. The predicted octanol–water partition coefficient (Wildman–Crippen LogP) is 2.73. The molecule has 116 valence electrons. The molecular formula is C16H23BrN2O2. The fraction of sp³-hybridized carbons (Fsp3) is 0.562. The molecule has 0 saturated carbocycles.